The summed E-state index contributed by atoms with van der Waals surface area (Å²) in [5.74, 6) is 1.19. The van der Waals surface area contributed by atoms with Crippen LogP contribution in [0.4, 0.5) is 4.79 Å². The van der Waals surface area contributed by atoms with E-state index in [-0.39, 0.29) is 29.8 Å². The number of urea groups is 1. The van der Waals surface area contributed by atoms with E-state index in [2.05, 4.69) is 31.4 Å². The van der Waals surface area contributed by atoms with Crippen molar-refractivity contribution in [2.75, 3.05) is 19.8 Å². The van der Waals surface area contributed by atoms with Gasteiger partial charge in [0.05, 0.1) is 6.04 Å². The van der Waals surface area contributed by atoms with E-state index in [0.29, 0.717) is 43.5 Å². The van der Waals surface area contributed by atoms with Gasteiger partial charge in [-0.3, -0.25) is 14.5 Å². The largest absolute Gasteiger partial charge is 0.486 e. The number of benzene rings is 1. The normalized spacial score (nSPS) is 26.1. The van der Waals surface area contributed by atoms with Gasteiger partial charge >= 0.3 is 6.03 Å². The molecule has 1 aromatic rings. The van der Waals surface area contributed by atoms with Gasteiger partial charge in [-0.1, -0.05) is 26.8 Å². The minimum absolute atomic E-state index is 0.177. The quantitative estimate of drug-likeness (QED) is 0.697. The van der Waals surface area contributed by atoms with Crippen LogP contribution in [0.1, 0.15) is 65.0 Å². The van der Waals surface area contributed by atoms with Gasteiger partial charge in [0.2, 0.25) is 5.91 Å². The minimum Gasteiger partial charge on any atom is -0.486 e. The highest BCUT2D eigenvalue weighted by Crippen LogP contribution is 2.43. The third kappa shape index (κ3) is 4.27. The first kappa shape index (κ1) is 22.4. The first-order valence-electron chi connectivity index (χ1n) is 11.4. The van der Waals surface area contributed by atoms with E-state index in [9.17, 15) is 14.4 Å². The monoisotopic (exact) mass is 443 g/mol. The van der Waals surface area contributed by atoms with Gasteiger partial charge in [0, 0.05) is 0 Å². The number of hydrogen-bond donors (Lipinski definition) is 2. The number of nitrogens with zero attached hydrogens (tertiary/aromatic N) is 1. The summed E-state index contributed by atoms with van der Waals surface area (Å²) < 4.78 is 11.1. The molecule has 1 spiro atoms. The van der Waals surface area contributed by atoms with E-state index in [0.717, 1.165) is 23.3 Å². The highest BCUT2D eigenvalue weighted by atomic mass is 16.6. The molecule has 1 atom stereocenters. The van der Waals surface area contributed by atoms with Crippen LogP contribution in [0.5, 0.6) is 11.5 Å². The van der Waals surface area contributed by atoms with Gasteiger partial charge in [0.1, 0.15) is 25.3 Å². The molecule has 8 heteroatoms. The first-order valence-corrected chi connectivity index (χ1v) is 11.4. The summed E-state index contributed by atoms with van der Waals surface area (Å²) >= 11 is 0. The molecule has 8 nitrogen and oxygen atoms in total. The highest BCUT2D eigenvalue weighted by Gasteiger charge is 2.53. The third-order valence-electron chi connectivity index (χ3n) is 7.06. The Kier molecular flexibility index (Phi) is 5.81. The van der Waals surface area contributed by atoms with Crippen LogP contribution in [0.25, 0.3) is 0 Å². The predicted molar refractivity (Wildman–Crippen MR) is 118 cm³/mol. The summed E-state index contributed by atoms with van der Waals surface area (Å²) in [5.41, 5.74) is 0.175. The molecular formula is C24H33N3O5. The molecule has 4 rings (SSSR count). The van der Waals surface area contributed by atoms with Gasteiger partial charge in [-0.15, -0.1) is 0 Å². The number of hydrogen-bond acceptors (Lipinski definition) is 5. The van der Waals surface area contributed by atoms with Crippen LogP contribution < -0.4 is 20.1 Å². The molecule has 2 fully saturated rings. The number of ether oxygens (including phenoxy) is 2. The molecule has 2 N–H and O–H groups in total. The van der Waals surface area contributed by atoms with Crippen LogP contribution >= 0.6 is 0 Å². The zero-order valence-electron chi connectivity index (χ0n) is 19.3. The molecule has 2 aliphatic heterocycles. The second kappa shape index (κ2) is 8.30. The second-order valence-corrected chi connectivity index (χ2v) is 10.2. The fraction of sp³-hybridized carbons (Fsp3) is 0.625. The SMILES string of the molecule is CC(NC(=O)CN1C(=O)NC2(CCC(C(C)(C)C)CC2)C1=O)c1ccc2c(c1)OCCO2. The average Bonchev–Trinajstić information content (AvgIpc) is 2.97. The Hall–Kier alpha value is -2.77. The molecule has 2 heterocycles. The molecule has 0 radical (unpaired) electrons. The van der Waals surface area contributed by atoms with Crippen molar-refractivity contribution in [2.45, 2.75) is 65.0 Å². The average molecular weight is 444 g/mol. The van der Waals surface area contributed by atoms with Crippen molar-refractivity contribution >= 4 is 17.8 Å². The summed E-state index contributed by atoms with van der Waals surface area (Å²) in [5, 5.41) is 5.77. The molecule has 1 aromatic carbocycles. The molecule has 3 aliphatic rings. The summed E-state index contributed by atoms with van der Waals surface area (Å²) in [4.78, 5) is 39.4. The summed E-state index contributed by atoms with van der Waals surface area (Å²) in [7, 11) is 0. The van der Waals surface area contributed by atoms with Crippen molar-refractivity contribution in [1.82, 2.24) is 15.5 Å². The molecule has 1 saturated carbocycles. The smallest absolute Gasteiger partial charge is 0.325 e. The lowest BCUT2D eigenvalue weighted by molar-refractivity contribution is -0.136. The van der Waals surface area contributed by atoms with Gasteiger partial charge in [0.15, 0.2) is 11.5 Å². The second-order valence-electron chi connectivity index (χ2n) is 10.2. The van der Waals surface area contributed by atoms with Gasteiger partial charge in [-0.25, -0.2) is 4.79 Å². The molecule has 4 amide bonds. The summed E-state index contributed by atoms with van der Waals surface area (Å²) in [6.45, 7) is 9.21. The minimum atomic E-state index is -0.861. The van der Waals surface area contributed by atoms with Crippen molar-refractivity contribution < 1.29 is 23.9 Å². The lowest BCUT2D eigenvalue weighted by Gasteiger charge is -2.40. The summed E-state index contributed by atoms with van der Waals surface area (Å²) in [6.07, 6.45) is 3.00. The van der Waals surface area contributed by atoms with E-state index < -0.39 is 11.6 Å². The molecule has 0 bridgehead atoms. The molecule has 174 valence electrons. The predicted octanol–water partition coefficient (Wildman–Crippen LogP) is 3.16. The molecule has 32 heavy (non-hydrogen) atoms. The number of imide groups is 1. The maximum absolute atomic E-state index is 13.1. The van der Waals surface area contributed by atoms with Gasteiger partial charge in [-0.05, 0) is 61.6 Å². The van der Waals surface area contributed by atoms with Crippen LogP contribution in [-0.2, 0) is 9.59 Å². The number of nitrogens with one attached hydrogen (secondary N) is 2. The Bertz CT molecular complexity index is 915. The van der Waals surface area contributed by atoms with Gasteiger partial charge in [0.25, 0.3) is 5.91 Å². The molecule has 1 aliphatic carbocycles. The first-order chi connectivity index (χ1) is 15.1. The Balaban J connectivity index is 1.36. The van der Waals surface area contributed by atoms with Crippen LogP contribution in [0, 0.1) is 11.3 Å². The lowest BCUT2D eigenvalue weighted by atomic mass is 9.67. The Labute approximate surface area is 189 Å². The van der Waals surface area contributed by atoms with Crippen molar-refractivity contribution in [2.24, 2.45) is 11.3 Å². The zero-order chi connectivity index (χ0) is 23.1. The lowest BCUT2D eigenvalue weighted by Crippen LogP contribution is -2.51. The zero-order valence-corrected chi connectivity index (χ0v) is 19.3. The molecule has 0 aromatic heterocycles. The van der Waals surface area contributed by atoms with Crippen molar-refractivity contribution in [1.29, 1.82) is 0 Å². The molecule has 1 unspecified atom stereocenters. The summed E-state index contributed by atoms with van der Waals surface area (Å²) in [6, 6.07) is 4.74. The maximum atomic E-state index is 13.1. The van der Waals surface area contributed by atoms with E-state index in [1.54, 1.807) is 0 Å². The molecular weight excluding hydrogens is 410 g/mol. The fourth-order valence-electron chi connectivity index (χ4n) is 4.98. The third-order valence-corrected chi connectivity index (χ3v) is 7.06. The fourth-order valence-corrected chi connectivity index (χ4v) is 4.98. The number of amides is 4. The number of rotatable bonds is 4. The van der Waals surface area contributed by atoms with Gasteiger partial charge < -0.3 is 20.1 Å². The van der Waals surface area contributed by atoms with Crippen LogP contribution in [0.3, 0.4) is 0 Å². The number of carbonyl (C=O) groups is 3. The number of carbonyl (C=O) groups excluding carboxylic acids is 3. The Morgan fingerprint density at radius 1 is 1.19 bits per heavy atom. The van der Waals surface area contributed by atoms with Crippen LogP contribution in [-0.4, -0.2) is 48.0 Å². The van der Waals surface area contributed by atoms with Crippen LogP contribution in [0.15, 0.2) is 18.2 Å². The van der Waals surface area contributed by atoms with Gasteiger partial charge in [-0.2, -0.15) is 0 Å². The van der Waals surface area contributed by atoms with Crippen molar-refractivity contribution in [3.63, 3.8) is 0 Å². The highest BCUT2D eigenvalue weighted by molar-refractivity contribution is 6.09. The maximum Gasteiger partial charge on any atom is 0.325 e. The Morgan fingerprint density at radius 2 is 1.84 bits per heavy atom. The van der Waals surface area contributed by atoms with Crippen LogP contribution in [0.2, 0.25) is 0 Å². The van der Waals surface area contributed by atoms with Crippen molar-refractivity contribution in [3.8, 4) is 11.5 Å². The standard InChI is InChI=1S/C24H33N3O5/c1-15(16-5-6-18-19(13-16)32-12-11-31-18)25-20(28)14-27-21(29)24(26-22(27)30)9-7-17(8-10-24)23(2,3)4/h5-6,13,15,17H,7-12,14H2,1-4H3,(H,25,28)(H,26,30). The topological polar surface area (TPSA) is 97.0 Å². The van der Waals surface area contributed by atoms with E-state index in [1.807, 2.05) is 25.1 Å². The van der Waals surface area contributed by atoms with E-state index >= 15 is 0 Å². The number of fused-ring (bicyclic) bond motifs is 1. The van der Waals surface area contributed by atoms with E-state index in [1.165, 1.54) is 0 Å². The van der Waals surface area contributed by atoms with Crippen molar-refractivity contribution in [3.05, 3.63) is 23.8 Å². The van der Waals surface area contributed by atoms with E-state index in [4.69, 9.17) is 9.47 Å². The molecule has 1 saturated heterocycles. The Morgan fingerprint density at radius 3 is 2.50 bits per heavy atom.